The van der Waals surface area contributed by atoms with Gasteiger partial charge in [0.05, 0.1) is 5.51 Å². The smallest absolute Gasteiger partial charge is 0.435 e. The van der Waals surface area contributed by atoms with Crippen molar-refractivity contribution < 1.29 is 36.2 Å². The van der Waals surface area contributed by atoms with Crippen molar-refractivity contribution in [1.29, 1.82) is 0 Å². The highest BCUT2D eigenvalue weighted by Crippen LogP contribution is 2.52. The lowest BCUT2D eigenvalue weighted by Gasteiger charge is -2.25. The molecule has 38 heavy (non-hydrogen) atoms. The van der Waals surface area contributed by atoms with Crippen LogP contribution in [0.1, 0.15) is 21.6 Å². The zero-order valence-corrected chi connectivity index (χ0v) is 20.8. The number of hydrogen-bond acceptors (Lipinski definition) is 6. The molecule has 1 aliphatic heterocycles. The van der Waals surface area contributed by atoms with Crippen molar-refractivity contribution in [3.05, 3.63) is 76.2 Å². The molecule has 1 amide bonds. The lowest BCUT2D eigenvalue weighted by Crippen LogP contribution is -2.35. The van der Waals surface area contributed by atoms with Crippen molar-refractivity contribution in [2.24, 2.45) is 17.8 Å². The van der Waals surface area contributed by atoms with Crippen molar-refractivity contribution in [2.45, 2.75) is 26.1 Å². The molecule has 2 unspecified atom stereocenters. The number of benzene rings is 2. The number of nitrogens with zero attached hydrogens (tertiary/aromatic N) is 3. The van der Waals surface area contributed by atoms with Crippen LogP contribution in [0.15, 0.2) is 59.4 Å². The highest BCUT2D eigenvalue weighted by Gasteiger charge is 2.55. The van der Waals surface area contributed by atoms with Crippen LogP contribution in [0.25, 0.3) is 0 Å². The van der Waals surface area contributed by atoms with Gasteiger partial charge in [-0.05, 0) is 53.1 Å². The Kier molecular flexibility index (Phi) is 7.53. The van der Waals surface area contributed by atoms with Crippen molar-refractivity contribution in [1.82, 2.24) is 14.8 Å². The van der Waals surface area contributed by atoms with E-state index in [4.69, 9.17) is 0 Å². The number of ether oxygens (including phenoxy) is 2. The topological polar surface area (TPSA) is 54.9 Å². The molecule has 1 saturated carbocycles. The zero-order valence-electron chi connectivity index (χ0n) is 20.0. The van der Waals surface area contributed by atoms with E-state index in [0.717, 1.165) is 18.7 Å². The van der Waals surface area contributed by atoms with E-state index in [-0.39, 0.29) is 29.9 Å². The Morgan fingerprint density at radius 3 is 2.45 bits per heavy atom. The fourth-order valence-corrected chi connectivity index (χ4v) is 5.71. The summed E-state index contributed by atoms with van der Waals surface area (Å²) < 4.78 is 71.1. The molecule has 6 nitrogen and oxygen atoms in total. The first-order valence-corrected chi connectivity index (χ1v) is 12.9. The molecule has 1 saturated heterocycles. The van der Waals surface area contributed by atoms with Crippen molar-refractivity contribution >= 4 is 17.2 Å². The average molecular weight is 554 g/mol. The number of alkyl halides is 5. The van der Waals surface area contributed by atoms with Crippen molar-refractivity contribution in [3.63, 3.8) is 0 Å². The fourth-order valence-electron chi connectivity index (χ4n) is 5.19. The second-order valence-corrected chi connectivity index (χ2v) is 10.2. The molecular formula is C26H24F5N3O3S. The molecule has 2 fully saturated rings. The van der Waals surface area contributed by atoms with E-state index >= 15 is 0 Å². The number of amides is 1. The van der Waals surface area contributed by atoms with Gasteiger partial charge in [0.1, 0.15) is 17.2 Å². The van der Waals surface area contributed by atoms with Gasteiger partial charge in [-0.1, -0.05) is 24.3 Å². The SMILES string of the molecule is O=C(c1cscn1)N(Cc1cccc(OC(F)(F)F)c1)CC1C2CN(Cc3ccc(OC(F)F)cc3)CC21. The van der Waals surface area contributed by atoms with Gasteiger partial charge in [0.15, 0.2) is 0 Å². The van der Waals surface area contributed by atoms with Crippen molar-refractivity contribution in [3.8, 4) is 11.5 Å². The highest BCUT2D eigenvalue weighted by atomic mass is 32.1. The minimum Gasteiger partial charge on any atom is -0.435 e. The summed E-state index contributed by atoms with van der Waals surface area (Å²) in [5.41, 5.74) is 3.40. The maximum Gasteiger partial charge on any atom is 0.573 e. The van der Waals surface area contributed by atoms with E-state index in [9.17, 15) is 26.7 Å². The van der Waals surface area contributed by atoms with Crippen LogP contribution in [0.5, 0.6) is 11.5 Å². The molecule has 0 spiro atoms. The zero-order chi connectivity index (χ0) is 26.9. The van der Waals surface area contributed by atoms with E-state index in [2.05, 4.69) is 19.4 Å². The average Bonchev–Trinajstić information content (AvgIpc) is 3.24. The molecule has 2 heterocycles. The fraction of sp³-hybridized carbons (Fsp3) is 0.385. The molecular weight excluding hydrogens is 529 g/mol. The van der Waals surface area contributed by atoms with Gasteiger partial charge in [-0.25, -0.2) is 4.98 Å². The lowest BCUT2D eigenvalue weighted by molar-refractivity contribution is -0.274. The Balaban J connectivity index is 1.20. The third-order valence-electron chi connectivity index (χ3n) is 6.88. The first-order valence-electron chi connectivity index (χ1n) is 11.9. The monoisotopic (exact) mass is 553 g/mol. The van der Waals surface area contributed by atoms with Crippen LogP contribution < -0.4 is 9.47 Å². The molecule has 2 atom stereocenters. The van der Waals surface area contributed by atoms with Crippen molar-refractivity contribution in [2.75, 3.05) is 19.6 Å². The van der Waals surface area contributed by atoms with Gasteiger partial charge in [-0.3, -0.25) is 9.69 Å². The summed E-state index contributed by atoms with van der Waals surface area (Å²) in [6.07, 6.45) is -4.80. The summed E-state index contributed by atoms with van der Waals surface area (Å²) >= 11 is 1.30. The molecule has 1 aromatic heterocycles. The molecule has 5 rings (SSSR count). The standard InChI is InChI=1S/C26H24F5N3O3S/c27-25(28)36-18-6-4-16(5-7-18)9-33-11-20-21(12-33)22(20)13-34(24(35)23-14-38-15-32-23)10-17-2-1-3-19(8-17)37-26(29,30)31/h1-8,14-15,20-22,25H,9-13H2. The minimum absolute atomic E-state index is 0.119. The summed E-state index contributed by atoms with van der Waals surface area (Å²) in [6, 6.07) is 12.2. The Bertz CT molecular complexity index is 1230. The molecule has 12 heteroatoms. The lowest BCUT2D eigenvalue weighted by atomic mass is 10.1. The molecule has 2 aromatic carbocycles. The number of likely N-dealkylation sites (tertiary alicyclic amines) is 1. The maximum atomic E-state index is 13.2. The van der Waals surface area contributed by atoms with Gasteiger partial charge >= 0.3 is 13.0 Å². The largest absolute Gasteiger partial charge is 0.573 e. The number of hydrogen-bond donors (Lipinski definition) is 0. The van der Waals surface area contributed by atoms with E-state index in [1.54, 1.807) is 34.0 Å². The summed E-state index contributed by atoms with van der Waals surface area (Å²) in [6.45, 7) is 0.128. The van der Waals surface area contributed by atoms with E-state index in [0.29, 0.717) is 36.2 Å². The second-order valence-electron chi connectivity index (χ2n) is 9.46. The normalized spacial score (nSPS) is 20.8. The van der Waals surface area contributed by atoms with E-state index in [1.165, 1.54) is 41.7 Å². The Morgan fingerprint density at radius 1 is 1.08 bits per heavy atom. The van der Waals surface area contributed by atoms with Gasteiger partial charge < -0.3 is 14.4 Å². The summed E-state index contributed by atoms with van der Waals surface area (Å²) in [5, 5.41) is 1.66. The molecule has 0 bridgehead atoms. The van der Waals surface area contributed by atoms with Crippen LogP contribution in [0, 0.1) is 17.8 Å². The predicted molar refractivity (Wildman–Crippen MR) is 129 cm³/mol. The van der Waals surface area contributed by atoms with E-state index < -0.39 is 13.0 Å². The van der Waals surface area contributed by atoms with Crippen LogP contribution in [0.3, 0.4) is 0 Å². The van der Waals surface area contributed by atoms with Gasteiger partial charge in [0.25, 0.3) is 5.91 Å². The molecule has 0 N–H and O–H groups in total. The molecule has 3 aromatic rings. The number of aromatic nitrogens is 1. The summed E-state index contributed by atoms with van der Waals surface area (Å²) in [4.78, 5) is 21.3. The van der Waals surface area contributed by atoms with Gasteiger partial charge in [0, 0.05) is 38.1 Å². The van der Waals surface area contributed by atoms with Crippen LogP contribution in [0.2, 0.25) is 0 Å². The minimum atomic E-state index is -4.80. The number of piperidine rings is 1. The number of rotatable bonds is 10. The third-order valence-corrected chi connectivity index (χ3v) is 7.46. The van der Waals surface area contributed by atoms with E-state index in [1.807, 2.05) is 0 Å². The van der Waals surface area contributed by atoms with Crippen LogP contribution in [-0.4, -0.2) is 53.3 Å². The van der Waals surface area contributed by atoms with Crippen LogP contribution in [-0.2, 0) is 13.1 Å². The number of thiazole rings is 1. The number of fused-ring (bicyclic) bond motifs is 1. The highest BCUT2D eigenvalue weighted by molar-refractivity contribution is 7.07. The van der Waals surface area contributed by atoms with Crippen LogP contribution >= 0.6 is 11.3 Å². The quantitative estimate of drug-likeness (QED) is 0.303. The van der Waals surface area contributed by atoms with Crippen LogP contribution in [0.4, 0.5) is 22.0 Å². The first kappa shape index (κ1) is 26.4. The Hall–Kier alpha value is -3.25. The maximum absolute atomic E-state index is 13.2. The third kappa shape index (κ3) is 6.60. The number of halogens is 5. The van der Waals surface area contributed by atoms with Gasteiger partial charge in [-0.2, -0.15) is 8.78 Å². The summed E-state index contributed by atoms with van der Waals surface area (Å²) in [5.74, 6) is 0.619. The van der Waals surface area contributed by atoms with Gasteiger partial charge in [-0.15, -0.1) is 24.5 Å². The second kappa shape index (κ2) is 10.9. The summed E-state index contributed by atoms with van der Waals surface area (Å²) in [7, 11) is 0. The first-order chi connectivity index (χ1) is 18.1. The Labute approximate surface area is 219 Å². The van der Waals surface area contributed by atoms with Gasteiger partial charge in [0.2, 0.25) is 0 Å². The molecule has 202 valence electrons. The number of carbonyl (C=O) groups excluding carboxylic acids is 1. The number of carbonyl (C=O) groups is 1. The molecule has 0 radical (unpaired) electrons. The molecule has 2 aliphatic rings. The Morgan fingerprint density at radius 2 is 1.82 bits per heavy atom. The predicted octanol–water partition coefficient (Wildman–Crippen LogP) is 5.66. The molecule has 1 aliphatic carbocycles.